The van der Waals surface area contributed by atoms with Gasteiger partial charge in [-0.2, -0.15) is 0 Å². The molecule has 0 saturated carbocycles. The van der Waals surface area contributed by atoms with Crippen molar-refractivity contribution in [3.8, 4) is 5.75 Å². The fourth-order valence-electron chi connectivity index (χ4n) is 3.54. The molecule has 0 N–H and O–H groups in total. The van der Waals surface area contributed by atoms with Gasteiger partial charge in [0, 0.05) is 24.1 Å². The summed E-state index contributed by atoms with van der Waals surface area (Å²) in [6.45, 7) is 0.782. The Morgan fingerprint density at radius 1 is 1.10 bits per heavy atom. The number of halogens is 1. The lowest BCUT2D eigenvalue weighted by molar-refractivity contribution is 0.0252. The van der Waals surface area contributed by atoms with Crippen molar-refractivity contribution in [2.24, 2.45) is 0 Å². The minimum atomic E-state index is -0.362. The van der Waals surface area contributed by atoms with Crippen LogP contribution in [0, 0.1) is 0 Å². The van der Waals surface area contributed by atoms with E-state index in [0.29, 0.717) is 41.5 Å². The number of cyclic esters (lactones) is 1. The van der Waals surface area contributed by atoms with E-state index >= 15 is 0 Å². The normalized spacial score (nSPS) is 15.0. The van der Waals surface area contributed by atoms with Crippen molar-refractivity contribution < 1.29 is 19.1 Å². The summed E-state index contributed by atoms with van der Waals surface area (Å²) in [6.07, 6.45) is 0.187. The number of benzene rings is 3. The molecule has 0 radical (unpaired) electrons. The zero-order valence-electron chi connectivity index (χ0n) is 17.1. The van der Waals surface area contributed by atoms with Crippen LogP contribution in [0.1, 0.15) is 37.9 Å². The molecule has 1 amide bonds. The Morgan fingerprint density at radius 2 is 1.84 bits per heavy atom. The van der Waals surface area contributed by atoms with Crippen LogP contribution in [0.25, 0.3) is 0 Å². The molecule has 1 aliphatic rings. The van der Waals surface area contributed by atoms with Gasteiger partial charge in [-0.1, -0.05) is 41.9 Å². The van der Waals surface area contributed by atoms with Gasteiger partial charge in [0.15, 0.2) is 0 Å². The summed E-state index contributed by atoms with van der Waals surface area (Å²) < 4.78 is 11.3. The number of carbonyl (C=O) groups excluding carboxylic acids is 2. The predicted molar refractivity (Wildman–Crippen MR) is 119 cm³/mol. The fourth-order valence-corrected chi connectivity index (χ4v) is 3.66. The summed E-state index contributed by atoms with van der Waals surface area (Å²) in [5, 5.41) is 0.644. The van der Waals surface area contributed by atoms with E-state index in [0.717, 1.165) is 11.1 Å². The third kappa shape index (κ3) is 4.89. The van der Waals surface area contributed by atoms with E-state index in [9.17, 15) is 9.59 Å². The second-order valence-electron chi connectivity index (χ2n) is 7.41. The maximum atomic E-state index is 12.9. The first-order valence-corrected chi connectivity index (χ1v) is 10.4. The van der Waals surface area contributed by atoms with Crippen LogP contribution >= 0.6 is 11.6 Å². The lowest BCUT2D eigenvalue weighted by Gasteiger charge is -2.26. The van der Waals surface area contributed by atoms with Crippen LogP contribution in [0.3, 0.4) is 0 Å². The number of carbonyl (C=O) groups is 2. The molecular weight excluding hydrogens is 414 g/mol. The topological polar surface area (TPSA) is 55.8 Å². The highest BCUT2D eigenvalue weighted by atomic mass is 35.5. The van der Waals surface area contributed by atoms with E-state index in [-0.39, 0.29) is 18.0 Å². The Hall–Kier alpha value is -3.31. The molecule has 5 nitrogen and oxygen atoms in total. The summed E-state index contributed by atoms with van der Waals surface area (Å²) in [6, 6.07) is 21.9. The Labute approximate surface area is 186 Å². The summed E-state index contributed by atoms with van der Waals surface area (Å²) >= 11 is 5.87. The van der Waals surface area contributed by atoms with Crippen molar-refractivity contribution >= 4 is 23.5 Å². The number of fused-ring (bicyclic) bond motifs is 1. The number of esters is 1. The average Bonchev–Trinajstić information content (AvgIpc) is 2.80. The van der Waals surface area contributed by atoms with Gasteiger partial charge in [-0.25, -0.2) is 4.79 Å². The van der Waals surface area contributed by atoms with Crippen LogP contribution in [-0.2, 0) is 11.2 Å². The highest BCUT2D eigenvalue weighted by Crippen LogP contribution is 2.31. The SMILES string of the molecule is CN(CCOc1ccc(Cl)cc1)C(=O)c1ccc2c(c1)CC(c1ccccc1)OC2=O. The Kier molecular flexibility index (Phi) is 6.23. The van der Waals surface area contributed by atoms with Gasteiger partial charge >= 0.3 is 5.97 Å². The maximum absolute atomic E-state index is 12.9. The first kappa shape index (κ1) is 20.9. The molecule has 1 atom stereocenters. The van der Waals surface area contributed by atoms with Crippen molar-refractivity contribution in [1.29, 1.82) is 0 Å². The number of likely N-dealkylation sites (N-methyl/N-ethyl adjacent to an activating group) is 1. The average molecular weight is 436 g/mol. The largest absolute Gasteiger partial charge is 0.492 e. The molecule has 0 spiro atoms. The number of ether oxygens (including phenoxy) is 2. The number of amides is 1. The van der Waals surface area contributed by atoms with E-state index in [2.05, 4.69) is 0 Å². The van der Waals surface area contributed by atoms with Gasteiger partial charge in [0.2, 0.25) is 0 Å². The highest BCUT2D eigenvalue weighted by molar-refractivity contribution is 6.30. The van der Waals surface area contributed by atoms with Crippen molar-refractivity contribution in [1.82, 2.24) is 4.90 Å². The van der Waals surface area contributed by atoms with Crippen molar-refractivity contribution in [2.45, 2.75) is 12.5 Å². The van der Waals surface area contributed by atoms with E-state index in [1.165, 1.54) is 0 Å². The highest BCUT2D eigenvalue weighted by Gasteiger charge is 2.28. The summed E-state index contributed by atoms with van der Waals surface area (Å²) in [4.78, 5) is 26.9. The summed E-state index contributed by atoms with van der Waals surface area (Å²) in [5.41, 5.74) is 2.81. The lowest BCUT2D eigenvalue weighted by Crippen LogP contribution is -2.31. The van der Waals surface area contributed by atoms with Gasteiger partial charge in [-0.05, 0) is 53.6 Å². The van der Waals surface area contributed by atoms with Gasteiger partial charge in [-0.15, -0.1) is 0 Å². The fraction of sp³-hybridized carbons (Fsp3) is 0.200. The van der Waals surface area contributed by atoms with E-state index in [4.69, 9.17) is 21.1 Å². The molecule has 0 fully saturated rings. The molecule has 158 valence electrons. The van der Waals surface area contributed by atoms with Crippen molar-refractivity contribution in [3.63, 3.8) is 0 Å². The van der Waals surface area contributed by atoms with Crippen LogP contribution in [-0.4, -0.2) is 37.0 Å². The number of hydrogen-bond donors (Lipinski definition) is 0. The molecule has 1 unspecified atom stereocenters. The zero-order valence-corrected chi connectivity index (χ0v) is 17.8. The quantitative estimate of drug-likeness (QED) is 0.514. The van der Waals surface area contributed by atoms with E-state index < -0.39 is 0 Å². The second kappa shape index (κ2) is 9.23. The van der Waals surface area contributed by atoms with Crippen LogP contribution in [0.2, 0.25) is 5.02 Å². The Bertz CT molecular complexity index is 1080. The zero-order chi connectivity index (χ0) is 21.8. The smallest absolute Gasteiger partial charge is 0.339 e. The van der Waals surface area contributed by atoms with Crippen molar-refractivity contribution in [3.05, 3.63) is 100 Å². The molecule has 0 aliphatic carbocycles. The van der Waals surface area contributed by atoms with Gasteiger partial charge in [0.25, 0.3) is 5.91 Å². The first-order chi connectivity index (χ1) is 15.0. The third-order valence-corrected chi connectivity index (χ3v) is 5.51. The van der Waals surface area contributed by atoms with Gasteiger partial charge in [-0.3, -0.25) is 4.79 Å². The van der Waals surface area contributed by atoms with Gasteiger partial charge in [0.05, 0.1) is 12.1 Å². The Balaban J connectivity index is 1.42. The molecule has 1 aliphatic heterocycles. The number of hydrogen-bond acceptors (Lipinski definition) is 4. The monoisotopic (exact) mass is 435 g/mol. The summed E-state index contributed by atoms with van der Waals surface area (Å²) in [7, 11) is 1.73. The van der Waals surface area contributed by atoms with E-state index in [1.54, 1.807) is 54.4 Å². The lowest BCUT2D eigenvalue weighted by atomic mass is 9.93. The predicted octanol–water partition coefficient (Wildman–Crippen LogP) is 4.95. The first-order valence-electron chi connectivity index (χ1n) is 10.0. The molecule has 3 aromatic carbocycles. The van der Waals surface area contributed by atoms with Crippen LogP contribution in [0.5, 0.6) is 5.75 Å². The van der Waals surface area contributed by atoms with E-state index in [1.807, 2.05) is 30.3 Å². The summed E-state index contributed by atoms with van der Waals surface area (Å²) in [5.74, 6) is 0.209. The molecule has 1 heterocycles. The molecule has 4 rings (SSSR count). The van der Waals surface area contributed by atoms with Gasteiger partial charge in [0.1, 0.15) is 18.5 Å². The molecule has 0 saturated heterocycles. The minimum absolute atomic E-state index is 0.127. The Morgan fingerprint density at radius 3 is 2.58 bits per heavy atom. The molecule has 3 aromatic rings. The van der Waals surface area contributed by atoms with Crippen LogP contribution < -0.4 is 4.74 Å². The molecular formula is C25H22ClNO4. The molecule has 6 heteroatoms. The van der Waals surface area contributed by atoms with Crippen LogP contribution in [0.15, 0.2) is 72.8 Å². The number of rotatable bonds is 6. The molecule has 31 heavy (non-hydrogen) atoms. The second-order valence-corrected chi connectivity index (χ2v) is 7.85. The minimum Gasteiger partial charge on any atom is -0.492 e. The molecule has 0 aromatic heterocycles. The molecule has 0 bridgehead atoms. The van der Waals surface area contributed by atoms with Crippen LogP contribution in [0.4, 0.5) is 0 Å². The standard InChI is InChI=1S/C25H22ClNO4/c1-27(13-14-30-21-10-8-20(26)9-11-21)24(28)18-7-12-22-19(15-18)16-23(31-25(22)29)17-5-3-2-4-6-17/h2-12,15,23H,13-14,16H2,1H3. The maximum Gasteiger partial charge on any atom is 0.339 e. The van der Waals surface area contributed by atoms with Crippen molar-refractivity contribution in [2.75, 3.05) is 20.2 Å². The number of nitrogens with zero attached hydrogens (tertiary/aromatic N) is 1. The van der Waals surface area contributed by atoms with Gasteiger partial charge < -0.3 is 14.4 Å². The third-order valence-electron chi connectivity index (χ3n) is 5.25.